The number of halogens is 4. The van der Waals surface area contributed by atoms with Crippen LogP contribution in [-0.2, 0) is 6.42 Å². The van der Waals surface area contributed by atoms with E-state index in [1.54, 1.807) is 26.0 Å². The van der Waals surface area contributed by atoms with Gasteiger partial charge in [0.15, 0.2) is 23.1 Å². The Morgan fingerprint density at radius 3 is 2.00 bits per heavy atom. The van der Waals surface area contributed by atoms with Crippen LogP contribution in [0, 0.1) is 29.2 Å². The van der Waals surface area contributed by atoms with Crippen LogP contribution in [0.25, 0.3) is 0 Å². The summed E-state index contributed by atoms with van der Waals surface area (Å²) >= 11 is 0. The summed E-state index contributed by atoms with van der Waals surface area (Å²) in [6, 6.07) is 6.17. The van der Waals surface area contributed by atoms with Crippen LogP contribution in [0.4, 0.5) is 17.6 Å². The minimum Gasteiger partial charge on any atom is -0.491 e. The summed E-state index contributed by atoms with van der Waals surface area (Å²) in [6.45, 7) is 4.01. The summed E-state index contributed by atoms with van der Waals surface area (Å²) in [5, 5.41) is 0. The van der Waals surface area contributed by atoms with E-state index in [-0.39, 0.29) is 30.6 Å². The van der Waals surface area contributed by atoms with E-state index in [4.69, 9.17) is 9.47 Å². The van der Waals surface area contributed by atoms with Gasteiger partial charge in [-0.2, -0.15) is 8.78 Å². The molecule has 0 spiro atoms. The van der Waals surface area contributed by atoms with Crippen molar-refractivity contribution in [2.24, 2.45) is 5.92 Å². The summed E-state index contributed by atoms with van der Waals surface area (Å²) < 4.78 is 67.0. The molecule has 0 aliphatic heterocycles. The summed E-state index contributed by atoms with van der Waals surface area (Å²) in [4.78, 5) is 0. The third kappa shape index (κ3) is 5.64. The average molecular weight is 451 g/mol. The summed E-state index contributed by atoms with van der Waals surface area (Å²) in [6.07, 6.45) is 8.41. The molecule has 0 saturated heterocycles. The van der Waals surface area contributed by atoms with E-state index in [2.05, 4.69) is 6.08 Å². The number of benzene rings is 2. The monoisotopic (exact) mass is 450 g/mol. The molecule has 0 unspecified atom stereocenters. The van der Waals surface area contributed by atoms with Crippen molar-refractivity contribution in [1.29, 1.82) is 0 Å². The number of ether oxygens (including phenoxy) is 2. The molecule has 1 aliphatic carbocycles. The number of allylic oxidation sites excluding steroid dienone is 2. The molecule has 0 bridgehead atoms. The van der Waals surface area contributed by atoms with Crippen molar-refractivity contribution in [3.63, 3.8) is 0 Å². The van der Waals surface area contributed by atoms with Crippen molar-refractivity contribution in [2.75, 3.05) is 13.2 Å². The van der Waals surface area contributed by atoms with Gasteiger partial charge in [0.05, 0.1) is 13.2 Å². The van der Waals surface area contributed by atoms with Crippen LogP contribution < -0.4 is 9.47 Å². The fraction of sp³-hybridized carbons (Fsp3) is 0.462. The van der Waals surface area contributed by atoms with Gasteiger partial charge in [0, 0.05) is 0 Å². The predicted octanol–water partition coefficient (Wildman–Crippen LogP) is 7.50. The maximum atomic E-state index is 14.5. The Kier molecular flexibility index (Phi) is 8.60. The molecule has 3 rings (SSSR count). The lowest BCUT2D eigenvalue weighted by atomic mass is 9.78. The van der Waals surface area contributed by atoms with Gasteiger partial charge >= 0.3 is 0 Å². The first-order valence-electron chi connectivity index (χ1n) is 11.3. The van der Waals surface area contributed by atoms with Crippen LogP contribution >= 0.6 is 0 Å². The third-order valence-corrected chi connectivity index (χ3v) is 6.00. The molecule has 6 heteroatoms. The molecule has 0 atom stereocenters. The van der Waals surface area contributed by atoms with Crippen molar-refractivity contribution in [1.82, 2.24) is 0 Å². The second-order valence-corrected chi connectivity index (χ2v) is 8.08. The third-order valence-electron chi connectivity index (χ3n) is 6.00. The molecule has 2 aromatic rings. The molecule has 2 nitrogen and oxygen atoms in total. The van der Waals surface area contributed by atoms with Gasteiger partial charge in [-0.1, -0.05) is 24.3 Å². The predicted molar refractivity (Wildman–Crippen MR) is 117 cm³/mol. The zero-order valence-corrected chi connectivity index (χ0v) is 18.6. The fourth-order valence-electron chi connectivity index (χ4n) is 4.31. The molecule has 0 N–H and O–H groups in total. The van der Waals surface area contributed by atoms with Gasteiger partial charge in [-0.15, -0.1) is 0 Å². The lowest BCUT2D eigenvalue weighted by Gasteiger charge is -2.27. The number of aryl methyl sites for hydroxylation is 1. The largest absolute Gasteiger partial charge is 0.491 e. The zero-order chi connectivity index (χ0) is 23.1. The van der Waals surface area contributed by atoms with E-state index in [0.29, 0.717) is 29.9 Å². The Labute approximate surface area is 187 Å². The van der Waals surface area contributed by atoms with Crippen LogP contribution in [-0.4, -0.2) is 13.2 Å². The van der Waals surface area contributed by atoms with Crippen molar-refractivity contribution in [3.05, 3.63) is 70.8 Å². The second-order valence-electron chi connectivity index (χ2n) is 8.08. The minimum absolute atomic E-state index is 0.00856. The van der Waals surface area contributed by atoms with Gasteiger partial charge < -0.3 is 9.47 Å². The van der Waals surface area contributed by atoms with Crippen LogP contribution in [0.3, 0.4) is 0 Å². The van der Waals surface area contributed by atoms with Crippen LogP contribution in [0.5, 0.6) is 11.5 Å². The summed E-state index contributed by atoms with van der Waals surface area (Å²) in [5.74, 6) is -3.28. The van der Waals surface area contributed by atoms with Crippen molar-refractivity contribution in [3.8, 4) is 11.5 Å². The molecule has 0 heterocycles. The number of hydrogen-bond acceptors (Lipinski definition) is 2. The average Bonchev–Trinajstić information content (AvgIpc) is 2.80. The highest BCUT2D eigenvalue weighted by Gasteiger charge is 2.25. The molecular weight excluding hydrogens is 420 g/mol. The Morgan fingerprint density at radius 1 is 0.781 bits per heavy atom. The number of rotatable bonds is 9. The zero-order valence-electron chi connectivity index (χ0n) is 18.6. The molecule has 174 valence electrons. The first kappa shape index (κ1) is 24.1. The Balaban J connectivity index is 1.50. The van der Waals surface area contributed by atoms with Crippen molar-refractivity contribution >= 4 is 0 Å². The Morgan fingerprint density at radius 2 is 1.38 bits per heavy atom. The van der Waals surface area contributed by atoms with E-state index >= 15 is 0 Å². The van der Waals surface area contributed by atoms with Gasteiger partial charge in [0.2, 0.25) is 11.6 Å². The van der Waals surface area contributed by atoms with Crippen molar-refractivity contribution in [2.45, 2.75) is 58.3 Å². The van der Waals surface area contributed by atoms with Gasteiger partial charge in [-0.3, -0.25) is 0 Å². The second kappa shape index (κ2) is 11.4. The molecule has 0 amide bonds. The van der Waals surface area contributed by atoms with E-state index in [0.717, 1.165) is 25.7 Å². The fourth-order valence-corrected chi connectivity index (χ4v) is 4.31. The van der Waals surface area contributed by atoms with Gasteiger partial charge in [-0.05, 0) is 87.5 Å². The maximum absolute atomic E-state index is 14.5. The van der Waals surface area contributed by atoms with Gasteiger partial charge in [0.1, 0.15) is 0 Å². The van der Waals surface area contributed by atoms with E-state index in [1.807, 2.05) is 6.08 Å². The molecule has 0 aromatic heterocycles. The lowest BCUT2D eigenvalue weighted by Crippen LogP contribution is -2.14. The van der Waals surface area contributed by atoms with Gasteiger partial charge in [-0.25, -0.2) is 8.78 Å². The highest BCUT2D eigenvalue weighted by Crippen LogP contribution is 2.39. The van der Waals surface area contributed by atoms with E-state index in [9.17, 15) is 17.6 Å². The molecule has 1 aliphatic rings. The smallest absolute Gasteiger partial charge is 0.200 e. The Bertz CT molecular complexity index is 934. The van der Waals surface area contributed by atoms with Crippen LogP contribution in [0.2, 0.25) is 0 Å². The maximum Gasteiger partial charge on any atom is 0.200 e. The van der Waals surface area contributed by atoms with E-state index < -0.39 is 23.3 Å². The topological polar surface area (TPSA) is 18.5 Å². The highest BCUT2D eigenvalue weighted by molar-refractivity contribution is 5.33. The first-order chi connectivity index (χ1) is 15.5. The standard InChI is InChI=1S/C26H30F4O2/c1-3-31-21-15-13-19(23(27)25(21)29)8-6-5-7-17-9-11-18(12-10-17)20-14-16-22(32-4-2)26(30)24(20)28/h5,7,13-18H,3-4,6,8-12H2,1-2H3/b7-5+/t17-,18-. The SMILES string of the molecule is CCOc1ccc(CC/C=C/[C@H]2CC[C@H](c3ccc(OCC)c(F)c3F)CC2)c(F)c1F. The molecule has 0 radical (unpaired) electrons. The molecule has 1 saturated carbocycles. The first-order valence-corrected chi connectivity index (χ1v) is 11.3. The lowest BCUT2D eigenvalue weighted by molar-refractivity contribution is 0.310. The molecule has 32 heavy (non-hydrogen) atoms. The van der Waals surface area contributed by atoms with Gasteiger partial charge in [0.25, 0.3) is 0 Å². The Hall–Kier alpha value is -2.50. The van der Waals surface area contributed by atoms with E-state index in [1.165, 1.54) is 12.1 Å². The molecular formula is C26H30F4O2. The number of hydrogen-bond donors (Lipinski definition) is 0. The van der Waals surface area contributed by atoms with Crippen molar-refractivity contribution < 1.29 is 27.0 Å². The highest BCUT2D eigenvalue weighted by atomic mass is 19.2. The molecule has 2 aromatic carbocycles. The minimum atomic E-state index is -0.940. The summed E-state index contributed by atoms with van der Waals surface area (Å²) in [7, 11) is 0. The van der Waals surface area contributed by atoms with Crippen LogP contribution in [0.1, 0.15) is 63.0 Å². The normalized spacial score (nSPS) is 18.8. The quantitative estimate of drug-likeness (QED) is 0.291. The van der Waals surface area contributed by atoms with Crippen LogP contribution in [0.15, 0.2) is 36.4 Å². The molecule has 1 fully saturated rings. The summed E-state index contributed by atoms with van der Waals surface area (Å²) in [5.41, 5.74) is 0.744.